The van der Waals surface area contributed by atoms with Gasteiger partial charge >= 0.3 is 0 Å². The number of aliphatic imine (C=N–C) groups is 1. The van der Waals surface area contributed by atoms with Gasteiger partial charge in [0.15, 0.2) is 5.96 Å². The van der Waals surface area contributed by atoms with Crippen LogP contribution >= 0.6 is 35.7 Å². The van der Waals surface area contributed by atoms with Gasteiger partial charge in [-0.15, -0.1) is 24.0 Å². The number of guanidine groups is 1. The van der Waals surface area contributed by atoms with Crippen molar-refractivity contribution in [3.05, 3.63) is 77.3 Å². The molecule has 166 valence electrons. The van der Waals surface area contributed by atoms with Crippen LogP contribution in [0.1, 0.15) is 29.4 Å². The summed E-state index contributed by atoms with van der Waals surface area (Å²) in [4.78, 5) is 13.4. The Morgan fingerprint density at radius 1 is 1.16 bits per heavy atom. The van der Waals surface area contributed by atoms with Crippen molar-refractivity contribution in [3.63, 3.8) is 0 Å². The summed E-state index contributed by atoms with van der Waals surface area (Å²) in [6, 6.07) is 8.92. The molecule has 6 nitrogen and oxygen atoms in total. The summed E-state index contributed by atoms with van der Waals surface area (Å²) in [7, 11) is 0. The quantitative estimate of drug-likeness (QED) is 0.245. The van der Waals surface area contributed by atoms with Gasteiger partial charge in [-0.25, -0.2) is 19.4 Å². The number of hydrogen-bond acceptors (Lipinski definition) is 4. The fraction of sp³-hybridized carbons (Fsp3) is 0.318. The van der Waals surface area contributed by atoms with Gasteiger partial charge in [-0.2, -0.15) is 11.8 Å². The maximum absolute atomic E-state index is 13.6. The predicted molar refractivity (Wildman–Crippen MR) is 137 cm³/mol. The Balaban J connectivity index is 0.00000341. The van der Waals surface area contributed by atoms with Crippen LogP contribution < -0.4 is 10.6 Å². The third-order valence-corrected chi connectivity index (χ3v) is 5.16. The summed E-state index contributed by atoms with van der Waals surface area (Å²) in [5.74, 6) is 3.02. The Hall–Kier alpha value is -2.14. The van der Waals surface area contributed by atoms with Gasteiger partial charge in [-0.3, -0.25) is 4.57 Å². The molecular weight excluding hydrogens is 526 g/mol. The van der Waals surface area contributed by atoms with Gasteiger partial charge in [-0.05, 0) is 55.0 Å². The van der Waals surface area contributed by atoms with Crippen molar-refractivity contribution >= 4 is 41.7 Å². The summed E-state index contributed by atoms with van der Waals surface area (Å²) in [5.41, 5.74) is 3.08. The number of hydrogen-bond donors (Lipinski definition) is 2. The van der Waals surface area contributed by atoms with Crippen LogP contribution in [0, 0.1) is 12.7 Å². The lowest BCUT2D eigenvalue weighted by molar-refractivity contribution is 0.625. The molecule has 9 heteroatoms. The minimum Gasteiger partial charge on any atom is -0.357 e. The van der Waals surface area contributed by atoms with Gasteiger partial charge in [-0.1, -0.05) is 12.1 Å². The molecule has 2 N–H and O–H groups in total. The van der Waals surface area contributed by atoms with Gasteiger partial charge in [0.1, 0.15) is 17.5 Å². The van der Waals surface area contributed by atoms with Gasteiger partial charge in [0.2, 0.25) is 0 Å². The van der Waals surface area contributed by atoms with Crippen LogP contribution in [-0.2, 0) is 18.8 Å². The lowest BCUT2D eigenvalue weighted by atomic mass is 10.1. The minimum atomic E-state index is -0.204. The van der Waals surface area contributed by atoms with Crippen molar-refractivity contribution in [3.8, 4) is 5.82 Å². The maximum Gasteiger partial charge on any atom is 0.191 e. The molecule has 0 aliphatic carbocycles. The summed E-state index contributed by atoms with van der Waals surface area (Å²) < 4.78 is 15.5. The van der Waals surface area contributed by atoms with Crippen LogP contribution in [-0.4, -0.2) is 33.3 Å². The van der Waals surface area contributed by atoms with Crippen LogP contribution in [0.15, 0.2) is 53.9 Å². The Morgan fingerprint density at radius 2 is 2.00 bits per heavy atom. The van der Waals surface area contributed by atoms with Crippen molar-refractivity contribution in [2.75, 3.05) is 12.8 Å². The molecule has 0 aliphatic heterocycles. The third-order valence-electron chi connectivity index (χ3n) is 4.56. The molecule has 1 aromatic carbocycles. The summed E-state index contributed by atoms with van der Waals surface area (Å²) in [6.07, 6.45) is 7.50. The first-order valence-electron chi connectivity index (χ1n) is 9.84. The normalized spacial score (nSPS) is 11.2. The number of halogens is 2. The lowest BCUT2D eigenvalue weighted by Crippen LogP contribution is -2.37. The number of thioether (sulfide) groups is 1. The van der Waals surface area contributed by atoms with Crippen molar-refractivity contribution in [2.24, 2.45) is 4.99 Å². The lowest BCUT2D eigenvalue weighted by Gasteiger charge is -2.14. The number of benzene rings is 1. The van der Waals surface area contributed by atoms with E-state index in [9.17, 15) is 4.39 Å². The molecule has 0 saturated heterocycles. The zero-order valence-corrected chi connectivity index (χ0v) is 21.1. The zero-order valence-electron chi connectivity index (χ0n) is 17.9. The van der Waals surface area contributed by atoms with Gasteiger partial charge < -0.3 is 10.6 Å². The van der Waals surface area contributed by atoms with E-state index in [0.29, 0.717) is 19.0 Å². The highest BCUT2D eigenvalue weighted by atomic mass is 127. The second-order valence-electron chi connectivity index (χ2n) is 6.76. The molecule has 2 aromatic heterocycles. The molecule has 3 aromatic rings. The van der Waals surface area contributed by atoms with Crippen LogP contribution in [0.5, 0.6) is 0 Å². The van der Waals surface area contributed by atoms with Crippen LogP contribution in [0.25, 0.3) is 5.82 Å². The molecule has 0 saturated carbocycles. The molecular formula is C22H28FIN6S. The number of nitrogens with one attached hydrogen (secondary N) is 2. The molecule has 2 heterocycles. The number of pyridine rings is 1. The molecule has 0 aliphatic rings. The van der Waals surface area contributed by atoms with Crippen LogP contribution in [0.4, 0.5) is 4.39 Å². The standard InChI is InChI=1S/C22H27FN6S.HI/c1-4-24-22(28-14-18-6-7-20(23)11-19(18)15-30-3)27-13-17-5-8-21(26-12-17)29-10-9-25-16(29)2;/h5-12H,4,13-15H2,1-3H3,(H2,24,27,28);1H. The van der Waals surface area contributed by atoms with Gasteiger partial charge in [0, 0.05) is 37.4 Å². The van der Waals surface area contributed by atoms with Crippen molar-refractivity contribution in [1.82, 2.24) is 25.2 Å². The van der Waals surface area contributed by atoms with E-state index < -0.39 is 0 Å². The largest absolute Gasteiger partial charge is 0.357 e. The number of nitrogens with zero attached hydrogens (tertiary/aromatic N) is 4. The first-order chi connectivity index (χ1) is 14.6. The molecule has 0 spiro atoms. The van der Waals surface area contributed by atoms with E-state index in [1.54, 1.807) is 24.0 Å². The fourth-order valence-corrected chi connectivity index (χ4v) is 3.60. The number of rotatable bonds is 8. The van der Waals surface area contributed by atoms with Crippen molar-refractivity contribution < 1.29 is 4.39 Å². The van der Waals surface area contributed by atoms with E-state index >= 15 is 0 Å². The van der Waals surface area contributed by atoms with E-state index in [1.165, 1.54) is 6.07 Å². The molecule has 0 amide bonds. The van der Waals surface area contributed by atoms with Crippen LogP contribution in [0.3, 0.4) is 0 Å². The number of aryl methyl sites for hydroxylation is 1. The Bertz CT molecular complexity index is 990. The maximum atomic E-state index is 13.6. The molecule has 0 unspecified atom stereocenters. The van der Waals surface area contributed by atoms with Crippen molar-refractivity contribution in [2.45, 2.75) is 32.7 Å². The van der Waals surface area contributed by atoms with Crippen LogP contribution in [0.2, 0.25) is 0 Å². The van der Waals surface area contributed by atoms with E-state index in [0.717, 1.165) is 40.6 Å². The monoisotopic (exact) mass is 554 g/mol. The SMILES string of the molecule is CCNC(=NCc1ccc(-n2ccnc2C)nc1)NCc1ccc(F)cc1CSC.I. The highest BCUT2D eigenvalue weighted by Crippen LogP contribution is 2.16. The first-order valence-corrected chi connectivity index (χ1v) is 11.2. The molecule has 0 radical (unpaired) electrons. The fourth-order valence-electron chi connectivity index (χ4n) is 3.02. The van der Waals surface area contributed by atoms with Gasteiger partial charge in [0.05, 0.1) is 6.54 Å². The Morgan fingerprint density at radius 3 is 2.65 bits per heavy atom. The van der Waals surface area contributed by atoms with E-state index in [4.69, 9.17) is 0 Å². The van der Waals surface area contributed by atoms with Crippen molar-refractivity contribution in [1.29, 1.82) is 0 Å². The topological polar surface area (TPSA) is 67.1 Å². The second kappa shape index (κ2) is 12.7. The smallest absolute Gasteiger partial charge is 0.191 e. The summed E-state index contributed by atoms with van der Waals surface area (Å²) >= 11 is 1.68. The number of aromatic nitrogens is 3. The molecule has 0 atom stereocenters. The van der Waals surface area contributed by atoms with E-state index in [1.807, 2.05) is 55.3 Å². The highest BCUT2D eigenvalue weighted by molar-refractivity contribution is 14.0. The van der Waals surface area contributed by atoms with Gasteiger partial charge in [0.25, 0.3) is 0 Å². The first kappa shape index (κ1) is 25.1. The average molecular weight is 554 g/mol. The van der Waals surface area contributed by atoms with E-state index in [-0.39, 0.29) is 29.8 Å². The second-order valence-corrected chi connectivity index (χ2v) is 7.63. The Kier molecular flexibility index (Phi) is 10.3. The zero-order chi connectivity index (χ0) is 21.3. The molecule has 31 heavy (non-hydrogen) atoms. The van der Waals surface area contributed by atoms with E-state index in [2.05, 4.69) is 25.6 Å². The highest BCUT2D eigenvalue weighted by Gasteiger charge is 2.06. The third kappa shape index (κ3) is 7.20. The summed E-state index contributed by atoms with van der Waals surface area (Å²) in [5, 5.41) is 6.60. The predicted octanol–water partition coefficient (Wildman–Crippen LogP) is 4.45. The average Bonchev–Trinajstić information content (AvgIpc) is 3.17. The Labute approximate surface area is 204 Å². The number of imidazole rings is 1. The summed E-state index contributed by atoms with van der Waals surface area (Å²) in [6.45, 7) is 5.81. The molecule has 3 rings (SSSR count). The minimum absolute atomic E-state index is 0. The molecule has 0 bridgehead atoms. The molecule has 0 fully saturated rings.